The molecule has 2 heterocycles. The SMILES string of the molecule is Cn1cc(-c2nc(S(C)(=O)=O)ccc2OCC2CC2)c2ccc(F)cc2c1=O. The van der Waals surface area contributed by atoms with Crippen molar-refractivity contribution in [3.05, 3.63) is 52.7 Å². The zero-order valence-electron chi connectivity index (χ0n) is 15.5. The molecule has 28 heavy (non-hydrogen) atoms. The van der Waals surface area contributed by atoms with E-state index in [0.717, 1.165) is 19.1 Å². The number of ether oxygens (including phenoxy) is 1. The third kappa shape index (κ3) is 3.52. The lowest BCUT2D eigenvalue weighted by Gasteiger charge is -2.15. The molecule has 0 N–H and O–H groups in total. The van der Waals surface area contributed by atoms with Crippen molar-refractivity contribution in [3.8, 4) is 17.0 Å². The Morgan fingerprint density at radius 3 is 2.64 bits per heavy atom. The van der Waals surface area contributed by atoms with Gasteiger partial charge in [-0.05, 0) is 48.4 Å². The number of pyridine rings is 2. The summed E-state index contributed by atoms with van der Waals surface area (Å²) in [4.78, 5) is 16.8. The molecular formula is C20H19FN2O4S. The van der Waals surface area contributed by atoms with E-state index in [1.54, 1.807) is 19.3 Å². The van der Waals surface area contributed by atoms with Gasteiger partial charge in [-0.3, -0.25) is 4.79 Å². The first-order valence-electron chi connectivity index (χ1n) is 8.87. The van der Waals surface area contributed by atoms with Crippen molar-refractivity contribution < 1.29 is 17.5 Å². The molecule has 3 aromatic rings. The molecule has 0 spiro atoms. The molecule has 146 valence electrons. The Hall–Kier alpha value is -2.74. The van der Waals surface area contributed by atoms with Gasteiger partial charge in [0.05, 0.1) is 12.0 Å². The van der Waals surface area contributed by atoms with E-state index in [2.05, 4.69) is 4.98 Å². The molecule has 0 bridgehead atoms. The summed E-state index contributed by atoms with van der Waals surface area (Å²) in [5.74, 6) is 0.404. The van der Waals surface area contributed by atoms with Crippen LogP contribution in [0.5, 0.6) is 5.75 Å². The van der Waals surface area contributed by atoms with Crippen molar-refractivity contribution in [2.45, 2.75) is 17.9 Å². The number of nitrogens with zero attached hydrogens (tertiary/aromatic N) is 2. The molecule has 1 aliphatic rings. The molecule has 0 saturated heterocycles. The fraction of sp³-hybridized carbons (Fsp3) is 0.300. The minimum Gasteiger partial charge on any atom is -0.491 e. The molecule has 4 rings (SSSR count). The lowest BCUT2D eigenvalue weighted by atomic mass is 10.0. The summed E-state index contributed by atoms with van der Waals surface area (Å²) in [5, 5.41) is 0.587. The van der Waals surface area contributed by atoms with Crippen molar-refractivity contribution in [1.29, 1.82) is 0 Å². The fourth-order valence-electron chi connectivity index (χ4n) is 3.07. The lowest BCUT2D eigenvalue weighted by Crippen LogP contribution is -2.17. The summed E-state index contributed by atoms with van der Waals surface area (Å²) >= 11 is 0. The van der Waals surface area contributed by atoms with E-state index in [4.69, 9.17) is 4.74 Å². The quantitative estimate of drug-likeness (QED) is 0.656. The van der Waals surface area contributed by atoms with Crippen LogP contribution in [0, 0.1) is 11.7 Å². The number of hydrogen-bond acceptors (Lipinski definition) is 5. The lowest BCUT2D eigenvalue weighted by molar-refractivity contribution is 0.299. The fourth-order valence-corrected chi connectivity index (χ4v) is 3.64. The molecule has 6 nitrogen and oxygen atoms in total. The van der Waals surface area contributed by atoms with Crippen LogP contribution in [-0.4, -0.2) is 30.8 Å². The van der Waals surface area contributed by atoms with Crippen LogP contribution in [0.2, 0.25) is 0 Å². The van der Waals surface area contributed by atoms with Crippen LogP contribution in [0.1, 0.15) is 12.8 Å². The van der Waals surface area contributed by atoms with Crippen LogP contribution in [0.4, 0.5) is 4.39 Å². The first-order chi connectivity index (χ1) is 13.2. The molecule has 0 unspecified atom stereocenters. The van der Waals surface area contributed by atoms with Crippen molar-refractivity contribution in [3.63, 3.8) is 0 Å². The van der Waals surface area contributed by atoms with Gasteiger partial charge in [-0.25, -0.2) is 17.8 Å². The van der Waals surface area contributed by atoms with E-state index in [1.165, 1.54) is 28.8 Å². The standard InChI is InChI=1S/C20H19FN2O4S/c1-23-10-16(14-6-5-13(21)9-15(14)20(23)24)19-17(27-11-12-3-4-12)7-8-18(22-19)28(2,25)26/h5-10,12H,3-4,11H2,1-2H3. The largest absolute Gasteiger partial charge is 0.491 e. The molecule has 0 atom stereocenters. The summed E-state index contributed by atoms with van der Waals surface area (Å²) in [6, 6.07) is 6.93. The number of aryl methyl sites for hydroxylation is 1. The van der Waals surface area contributed by atoms with E-state index in [1.807, 2.05) is 0 Å². The van der Waals surface area contributed by atoms with E-state index < -0.39 is 15.7 Å². The molecule has 2 aromatic heterocycles. The average Bonchev–Trinajstić information content (AvgIpc) is 3.47. The number of aromatic nitrogens is 2. The van der Waals surface area contributed by atoms with Crippen molar-refractivity contribution in [2.75, 3.05) is 12.9 Å². The van der Waals surface area contributed by atoms with Crippen molar-refractivity contribution >= 4 is 20.6 Å². The molecule has 0 amide bonds. The molecule has 1 aliphatic carbocycles. The average molecular weight is 402 g/mol. The Balaban J connectivity index is 1.98. The first-order valence-corrected chi connectivity index (χ1v) is 10.8. The van der Waals surface area contributed by atoms with Gasteiger partial charge in [-0.1, -0.05) is 6.07 Å². The summed E-state index contributed by atoms with van der Waals surface area (Å²) in [6.45, 7) is 0.519. The normalized spacial score (nSPS) is 14.4. The molecule has 8 heteroatoms. The van der Waals surface area contributed by atoms with Crippen LogP contribution in [-0.2, 0) is 16.9 Å². The Morgan fingerprint density at radius 1 is 1.21 bits per heavy atom. The number of fused-ring (bicyclic) bond motifs is 1. The summed E-state index contributed by atoms with van der Waals surface area (Å²) in [6.07, 6.45) is 4.86. The van der Waals surface area contributed by atoms with Gasteiger partial charge in [0.25, 0.3) is 5.56 Å². The highest BCUT2D eigenvalue weighted by Gasteiger charge is 2.24. The summed E-state index contributed by atoms with van der Waals surface area (Å²) in [5.41, 5.74) is 0.474. The number of sulfone groups is 1. The predicted molar refractivity (Wildman–Crippen MR) is 104 cm³/mol. The third-order valence-electron chi connectivity index (χ3n) is 4.78. The zero-order chi connectivity index (χ0) is 20.1. The Bertz CT molecular complexity index is 1250. The monoisotopic (exact) mass is 402 g/mol. The van der Waals surface area contributed by atoms with Gasteiger partial charge in [0.1, 0.15) is 17.3 Å². The maximum atomic E-state index is 13.7. The molecule has 0 radical (unpaired) electrons. The van der Waals surface area contributed by atoms with Crippen LogP contribution < -0.4 is 10.3 Å². The zero-order valence-corrected chi connectivity index (χ0v) is 16.3. The molecule has 1 saturated carbocycles. The van der Waals surface area contributed by atoms with E-state index >= 15 is 0 Å². The second kappa shape index (κ2) is 6.70. The Labute approximate surface area is 161 Å². The van der Waals surface area contributed by atoms with E-state index in [0.29, 0.717) is 34.9 Å². The molecular weight excluding hydrogens is 383 g/mol. The van der Waals surface area contributed by atoms with Crippen LogP contribution in [0.25, 0.3) is 22.0 Å². The number of halogens is 1. The van der Waals surface area contributed by atoms with Crippen LogP contribution in [0.15, 0.2) is 46.3 Å². The predicted octanol–water partition coefficient (Wildman–Crippen LogP) is 2.93. The number of benzene rings is 1. The second-order valence-corrected chi connectivity index (χ2v) is 9.13. The highest BCUT2D eigenvalue weighted by molar-refractivity contribution is 7.90. The minimum atomic E-state index is -3.54. The topological polar surface area (TPSA) is 78.3 Å². The summed E-state index contributed by atoms with van der Waals surface area (Å²) < 4.78 is 45.0. The molecule has 0 aliphatic heterocycles. The van der Waals surface area contributed by atoms with Gasteiger partial charge < -0.3 is 9.30 Å². The van der Waals surface area contributed by atoms with Gasteiger partial charge in [0.2, 0.25) is 0 Å². The number of hydrogen-bond donors (Lipinski definition) is 0. The number of rotatable bonds is 5. The third-order valence-corrected chi connectivity index (χ3v) is 5.77. The highest BCUT2D eigenvalue weighted by atomic mass is 32.2. The van der Waals surface area contributed by atoms with E-state index in [-0.39, 0.29) is 16.0 Å². The maximum absolute atomic E-state index is 13.7. The smallest absolute Gasteiger partial charge is 0.258 e. The first kappa shape index (κ1) is 18.6. The Kier molecular flexibility index (Phi) is 4.45. The van der Waals surface area contributed by atoms with E-state index in [9.17, 15) is 17.6 Å². The van der Waals surface area contributed by atoms with Crippen LogP contribution in [0.3, 0.4) is 0 Å². The van der Waals surface area contributed by atoms with Crippen molar-refractivity contribution in [2.24, 2.45) is 13.0 Å². The summed E-state index contributed by atoms with van der Waals surface area (Å²) in [7, 11) is -1.99. The maximum Gasteiger partial charge on any atom is 0.258 e. The second-order valence-electron chi connectivity index (χ2n) is 7.17. The van der Waals surface area contributed by atoms with Gasteiger partial charge in [0.15, 0.2) is 14.9 Å². The van der Waals surface area contributed by atoms with Gasteiger partial charge in [-0.15, -0.1) is 0 Å². The van der Waals surface area contributed by atoms with Crippen molar-refractivity contribution in [1.82, 2.24) is 9.55 Å². The molecule has 1 fully saturated rings. The van der Waals surface area contributed by atoms with Gasteiger partial charge >= 0.3 is 0 Å². The molecule has 1 aromatic carbocycles. The van der Waals surface area contributed by atoms with Crippen LogP contribution >= 0.6 is 0 Å². The highest BCUT2D eigenvalue weighted by Crippen LogP contribution is 2.36. The van der Waals surface area contributed by atoms with Gasteiger partial charge in [-0.2, -0.15) is 0 Å². The van der Waals surface area contributed by atoms with Gasteiger partial charge in [0, 0.05) is 25.1 Å². The minimum absolute atomic E-state index is 0.0922. The Morgan fingerprint density at radius 2 is 1.96 bits per heavy atom.